The van der Waals surface area contributed by atoms with Gasteiger partial charge in [0.2, 0.25) is 0 Å². The first-order valence-corrected chi connectivity index (χ1v) is 5.82. The van der Waals surface area contributed by atoms with Gasteiger partial charge in [-0.2, -0.15) is 0 Å². The monoisotopic (exact) mass is 239 g/mol. The predicted molar refractivity (Wildman–Crippen MR) is 60.7 cm³/mol. The summed E-state index contributed by atoms with van der Waals surface area (Å²) in [5, 5.41) is 0. The van der Waals surface area contributed by atoms with Crippen molar-refractivity contribution in [1.29, 1.82) is 0 Å². The van der Waals surface area contributed by atoms with Crippen LogP contribution < -0.4 is 0 Å². The molecule has 0 unspecified atom stereocenters. The highest BCUT2D eigenvalue weighted by Gasteiger charge is 2.23. The van der Waals surface area contributed by atoms with Crippen molar-refractivity contribution in [3.05, 3.63) is 35.4 Å². The second kappa shape index (κ2) is 4.82. The zero-order valence-electron chi connectivity index (χ0n) is 9.75. The summed E-state index contributed by atoms with van der Waals surface area (Å²) in [6.45, 7) is 3.44. The van der Waals surface area contributed by atoms with Crippen LogP contribution in [0.25, 0.3) is 0 Å². The van der Waals surface area contributed by atoms with E-state index >= 15 is 0 Å². The van der Waals surface area contributed by atoms with Crippen molar-refractivity contribution in [2.75, 3.05) is 13.1 Å². The number of nitrogens with zero attached hydrogens (tertiary/aromatic N) is 1. The Morgan fingerprint density at radius 1 is 1.29 bits per heavy atom. The number of likely N-dealkylation sites (tertiary alicyclic amines) is 1. The molecule has 92 valence electrons. The van der Waals surface area contributed by atoms with Crippen molar-refractivity contribution in [1.82, 2.24) is 4.90 Å². The molecule has 0 radical (unpaired) electrons. The number of benzene rings is 1. The Morgan fingerprint density at radius 3 is 2.53 bits per heavy atom. The van der Waals surface area contributed by atoms with Crippen LogP contribution in [0.2, 0.25) is 0 Å². The predicted octanol–water partition coefficient (Wildman–Crippen LogP) is 2.84. The molecule has 1 amide bonds. The highest BCUT2D eigenvalue weighted by molar-refractivity contribution is 5.94. The maximum atomic E-state index is 13.4. The van der Waals surface area contributed by atoms with Gasteiger partial charge >= 0.3 is 0 Å². The number of carbonyl (C=O) groups is 1. The first-order chi connectivity index (χ1) is 8.08. The van der Waals surface area contributed by atoms with Gasteiger partial charge < -0.3 is 4.90 Å². The van der Waals surface area contributed by atoms with E-state index in [9.17, 15) is 13.6 Å². The van der Waals surface area contributed by atoms with Crippen LogP contribution in [0.5, 0.6) is 0 Å². The van der Waals surface area contributed by atoms with E-state index in [1.165, 1.54) is 6.07 Å². The van der Waals surface area contributed by atoms with Crippen LogP contribution in [-0.4, -0.2) is 23.9 Å². The lowest BCUT2D eigenvalue weighted by Gasteiger charge is -2.30. The van der Waals surface area contributed by atoms with Gasteiger partial charge in [-0.1, -0.05) is 6.92 Å². The molecule has 2 nitrogen and oxygen atoms in total. The lowest BCUT2D eigenvalue weighted by molar-refractivity contribution is 0.0692. The van der Waals surface area contributed by atoms with Crippen molar-refractivity contribution in [2.45, 2.75) is 19.8 Å². The van der Waals surface area contributed by atoms with Crippen molar-refractivity contribution >= 4 is 5.91 Å². The summed E-state index contributed by atoms with van der Waals surface area (Å²) in [4.78, 5) is 13.6. The van der Waals surface area contributed by atoms with Gasteiger partial charge in [0, 0.05) is 19.2 Å². The Kier molecular flexibility index (Phi) is 3.41. The zero-order valence-corrected chi connectivity index (χ0v) is 9.75. The molecular weight excluding hydrogens is 224 g/mol. The topological polar surface area (TPSA) is 20.3 Å². The van der Waals surface area contributed by atoms with Gasteiger partial charge in [-0.15, -0.1) is 0 Å². The first kappa shape index (κ1) is 12.0. The number of hydrogen-bond donors (Lipinski definition) is 0. The smallest absolute Gasteiger partial charge is 0.256 e. The fourth-order valence-corrected chi connectivity index (χ4v) is 2.04. The molecule has 0 saturated carbocycles. The van der Waals surface area contributed by atoms with E-state index in [0.717, 1.165) is 25.0 Å². The van der Waals surface area contributed by atoms with Gasteiger partial charge in [-0.05, 0) is 30.9 Å². The molecule has 0 atom stereocenters. The second-order valence-electron chi connectivity index (χ2n) is 4.60. The molecule has 1 saturated heterocycles. The summed E-state index contributed by atoms with van der Waals surface area (Å²) in [7, 11) is 0. The fourth-order valence-electron chi connectivity index (χ4n) is 2.04. The molecule has 17 heavy (non-hydrogen) atoms. The van der Waals surface area contributed by atoms with Crippen LogP contribution in [0.1, 0.15) is 30.1 Å². The van der Waals surface area contributed by atoms with Crippen molar-refractivity contribution < 1.29 is 13.6 Å². The molecule has 1 fully saturated rings. The third-order valence-electron chi connectivity index (χ3n) is 3.23. The van der Waals surface area contributed by atoms with E-state index < -0.39 is 11.6 Å². The Labute approximate surface area is 99.2 Å². The van der Waals surface area contributed by atoms with Gasteiger partial charge in [0.25, 0.3) is 5.91 Å². The lowest BCUT2D eigenvalue weighted by Crippen LogP contribution is -2.38. The summed E-state index contributed by atoms with van der Waals surface area (Å²) in [5.41, 5.74) is -0.0408. The van der Waals surface area contributed by atoms with E-state index in [-0.39, 0.29) is 11.5 Å². The maximum Gasteiger partial charge on any atom is 0.256 e. The average Bonchev–Trinajstić information content (AvgIpc) is 2.29. The summed E-state index contributed by atoms with van der Waals surface area (Å²) in [6, 6.07) is 3.08. The SMILES string of the molecule is CC1CCN(C(=O)c2ccc(F)cc2F)CC1. The summed E-state index contributed by atoms with van der Waals surface area (Å²) in [6.07, 6.45) is 1.88. The van der Waals surface area contributed by atoms with Crippen LogP contribution >= 0.6 is 0 Å². The summed E-state index contributed by atoms with van der Waals surface area (Å²) < 4.78 is 26.2. The van der Waals surface area contributed by atoms with E-state index in [1.54, 1.807) is 4.90 Å². The number of hydrogen-bond acceptors (Lipinski definition) is 1. The maximum absolute atomic E-state index is 13.4. The van der Waals surface area contributed by atoms with Crippen LogP contribution in [0, 0.1) is 17.6 Å². The van der Waals surface area contributed by atoms with Crippen LogP contribution in [-0.2, 0) is 0 Å². The van der Waals surface area contributed by atoms with E-state index in [2.05, 4.69) is 6.92 Å². The van der Waals surface area contributed by atoms with E-state index in [1.807, 2.05) is 0 Å². The van der Waals surface area contributed by atoms with E-state index in [4.69, 9.17) is 0 Å². The molecule has 2 rings (SSSR count). The molecule has 0 N–H and O–H groups in total. The molecule has 4 heteroatoms. The zero-order chi connectivity index (χ0) is 12.4. The standard InChI is InChI=1S/C13H15F2NO/c1-9-4-6-16(7-5-9)13(17)11-3-2-10(14)8-12(11)15/h2-3,8-9H,4-7H2,1H3. The third-order valence-corrected chi connectivity index (χ3v) is 3.23. The van der Waals surface area contributed by atoms with Crippen molar-refractivity contribution in [3.63, 3.8) is 0 Å². The van der Waals surface area contributed by atoms with E-state index in [0.29, 0.717) is 19.0 Å². The molecule has 1 aromatic carbocycles. The minimum atomic E-state index is -0.784. The van der Waals surface area contributed by atoms with Gasteiger partial charge in [-0.3, -0.25) is 4.79 Å². The largest absolute Gasteiger partial charge is 0.339 e. The van der Waals surface area contributed by atoms with Crippen LogP contribution in [0.4, 0.5) is 8.78 Å². The Hall–Kier alpha value is -1.45. The third kappa shape index (κ3) is 2.62. The number of carbonyl (C=O) groups excluding carboxylic acids is 1. The Morgan fingerprint density at radius 2 is 1.94 bits per heavy atom. The summed E-state index contributed by atoms with van der Waals surface area (Å²) in [5.74, 6) is -1.17. The highest BCUT2D eigenvalue weighted by atomic mass is 19.1. The second-order valence-corrected chi connectivity index (χ2v) is 4.60. The Balaban J connectivity index is 2.14. The van der Waals surface area contributed by atoms with Gasteiger partial charge in [-0.25, -0.2) is 8.78 Å². The summed E-state index contributed by atoms with van der Waals surface area (Å²) >= 11 is 0. The molecule has 1 aromatic rings. The molecular formula is C13H15F2NO. The normalized spacial score (nSPS) is 17.2. The Bertz CT molecular complexity index is 425. The minimum Gasteiger partial charge on any atom is -0.339 e. The molecule has 0 spiro atoms. The number of halogens is 2. The van der Waals surface area contributed by atoms with Gasteiger partial charge in [0.15, 0.2) is 0 Å². The number of amides is 1. The fraction of sp³-hybridized carbons (Fsp3) is 0.462. The van der Waals surface area contributed by atoms with Gasteiger partial charge in [0.1, 0.15) is 11.6 Å². The quantitative estimate of drug-likeness (QED) is 0.738. The number of piperidine rings is 1. The van der Waals surface area contributed by atoms with Crippen LogP contribution in [0.15, 0.2) is 18.2 Å². The molecule has 0 aliphatic carbocycles. The average molecular weight is 239 g/mol. The first-order valence-electron chi connectivity index (χ1n) is 5.82. The van der Waals surface area contributed by atoms with Crippen molar-refractivity contribution in [2.24, 2.45) is 5.92 Å². The molecule has 1 aliphatic heterocycles. The highest BCUT2D eigenvalue weighted by Crippen LogP contribution is 2.19. The van der Waals surface area contributed by atoms with Crippen LogP contribution in [0.3, 0.4) is 0 Å². The lowest BCUT2D eigenvalue weighted by atomic mass is 9.98. The molecule has 1 aliphatic rings. The number of rotatable bonds is 1. The molecule has 0 aromatic heterocycles. The van der Waals surface area contributed by atoms with Crippen molar-refractivity contribution in [3.8, 4) is 0 Å². The molecule has 1 heterocycles. The van der Waals surface area contributed by atoms with Gasteiger partial charge in [0.05, 0.1) is 5.56 Å². The minimum absolute atomic E-state index is 0.0408. The molecule has 0 bridgehead atoms.